The first-order valence-corrected chi connectivity index (χ1v) is 49.5. The number of hydrogen-bond donors (Lipinski definition) is 0. The fraction of sp³-hybridized carbons (Fsp3) is 0.302. The number of allylic oxidation sites excluding steroid dienone is 10. The minimum atomic E-state index is 0.0614. The van der Waals surface area contributed by atoms with Crippen LogP contribution in [0.2, 0.25) is 0 Å². The summed E-state index contributed by atoms with van der Waals surface area (Å²) in [6.45, 7) is 22.6. The van der Waals surface area contributed by atoms with Crippen LogP contribution in [0, 0.1) is 69.2 Å². The monoisotopic (exact) mass is 1680 g/mol. The molecule has 129 heavy (non-hydrogen) atoms. The Morgan fingerprint density at radius 1 is 0.186 bits per heavy atom. The van der Waals surface area contributed by atoms with Gasteiger partial charge in [-0.05, 0) is 365 Å². The van der Waals surface area contributed by atoms with Crippen molar-refractivity contribution >= 4 is 53.9 Å². The fourth-order valence-electron chi connectivity index (χ4n) is 26.5. The van der Waals surface area contributed by atoms with Crippen molar-refractivity contribution in [1.82, 2.24) is 0 Å². The summed E-state index contributed by atoms with van der Waals surface area (Å²) in [6, 6.07) is 92.9. The second-order valence-corrected chi connectivity index (χ2v) is 40.7. The molecule has 10 aliphatic rings. The van der Waals surface area contributed by atoms with Crippen LogP contribution < -0.4 is 0 Å². The molecule has 5 spiro atoms. The number of aryl methyl sites for hydroxylation is 10. The largest absolute Gasteiger partial charge is 0.0885 e. The highest BCUT2D eigenvalue weighted by atomic mass is 14.5. The number of benzene rings is 15. The van der Waals surface area contributed by atoms with E-state index >= 15 is 0 Å². The van der Waals surface area contributed by atoms with E-state index in [2.05, 4.69) is 373 Å². The Hall–Kier alpha value is -11.7. The van der Waals surface area contributed by atoms with Crippen LogP contribution in [0.25, 0.3) is 109 Å². The predicted molar refractivity (Wildman–Crippen MR) is 555 cm³/mol. The van der Waals surface area contributed by atoms with Gasteiger partial charge in [-0.15, -0.1) is 0 Å². The van der Waals surface area contributed by atoms with Crippen molar-refractivity contribution in [3.05, 3.63) is 415 Å². The van der Waals surface area contributed by atoms with Crippen LogP contribution in [0.5, 0.6) is 0 Å². The third kappa shape index (κ3) is 14.2. The molecule has 1 fully saturated rings. The molecule has 0 heteroatoms. The highest BCUT2D eigenvalue weighted by molar-refractivity contribution is 6.09. The van der Waals surface area contributed by atoms with Gasteiger partial charge in [-0.2, -0.15) is 0 Å². The number of hydrogen-bond acceptors (Lipinski definition) is 0. The van der Waals surface area contributed by atoms with Crippen molar-refractivity contribution < 1.29 is 0 Å². The quantitative estimate of drug-likeness (QED) is 0.133. The molecule has 0 aromatic heterocycles. The molecule has 0 heterocycles. The topological polar surface area (TPSA) is 0 Å². The molecule has 15 aromatic rings. The van der Waals surface area contributed by atoms with Crippen LogP contribution in [-0.4, -0.2) is 0 Å². The SMILES string of the molecule is Cc1ccc2c(c1)C1(/C=C\CCCCC1)c1cc(C)c3ccccc3c1-2.Cc1ccc2c(c1)C1(C/C=C\CCCC1)c1cc(C)c3ccccc3c1-2.Cc1ccc2c(c1)C1(CC/C=C\CCC1)c1cc(C)c3ccccc3c1-2.Cc1ccc2c(c1)C1(CC=CC=CC1)c1cc(C)c3ccccc3c1-2.Cc1ccc2c(c1)C1(CCCCCCC1)c1cc(C)c3ccccc3c1-2. The number of fused-ring (bicyclic) bond motifs is 35. The summed E-state index contributed by atoms with van der Waals surface area (Å²) >= 11 is 0. The highest BCUT2D eigenvalue weighted by Gasteiger charge is 2.49. The van der Waals surface area contributed by atoms with Crippen molar-refractivity contribution in [1.29, 1.82) is 0 Å². The van der Waals surface area contributed by atoms with Crippen molar-refractivity contribution in [2.75, 3.05) is 0 Å². The van der Waals surface area contributed by atoms with E-state index in [9.17, 15) is 0 Å². The molecule has 0 radical (unpaired) electrons. The summed E-state index contributed by atoms with van der Waals surface area (Å²) in [7, 11) is 0. The average Bonchev–Trinajstić information content (AvgIpc) is 1.57. The summed E-state index contributed by atoms with van der Waals surface area (Å²) in [4.78, 5) is 0. The lowest BCUT2D eigenvalue weighted by molar-refractivity contribution is 0.373. The van der Waals surface area contributed by atoms with Crippen LogP contribution in [0.15, 0.2) is 303 Å². The van der Waals surface area contributed by atoms with Gasteiger partial charge < -0.3 is 0 Å². The molecule has 644 valence electrons. The second kappa shape index (κ2) is 34.3. The van der Waals surface area contributed by atoms with Crippen LogP contribution in [0.1, 0.15) is 265 Å². The Morgan fingerprint density at radius 2 is 0.465 bits per heavy atom. The molecule has 15 aromatic carbocycles. The molecule has 25 rings (SSSR count). The normalized spacial score (nSPS) is 20.7. The molecule has 0 aliphatic heterocycles. The molecule has 0 nitrogen and oxygen atoms in total. The fourth-order valence-corrected chi connectivity index (χ4v) is 26.5. The Labute approximate surface area is 769 Å². The molecule has 10 aliphatic carbocycles. The van der Waals surface area contributed by atoms with E-state index < -0.39 is 0 Å². The van der Waals surface area contributed by atoms with Gasteiger partial charge in [0, 0.05) is 27.1 Å². The van der Waals surface area contributed by atoms with E-state index in [-0.39, 0.29) is 27.1 Å². The summed E-state index contributed by atoms with van der Waals surface area (Å²) in [5, 5.41) is 14.1. The summed E-state index contributed by atoms with van der Waals surface area (Å²) in [5.74, 6) is 0. The summed E-state index contributed by atoms with van der Waals surface area (Å²) in [5.41, 5.74) is 45.1. The van der Waals surface area contributed by atoms with Crippen LogP contribution in [-0.2, 0) is 27.1 Å². The zero-order valence-electron chi connectivity index (χ0n) is 78.3. The lowest BCUT2D eigenvalue weighted by Crippen LogP contribution is -2.26. The van der Waals surface area contributed by atoms with E-state index in [1.54, 1.807) is 33.4 Å². The summed E-state index contributed by atoms with van der Waals surface area (Å²) in [6.07, 6.45) is 54.2. The maximum atomic E-state index is 2.55. The molecule has 3 atom stereocenters. The van der Waals surface area contributed by atoms with Gasteiger partial charge in [0.1, 0.15) is 0 Å². The van der Waals surface area contributed by atoms with Crippen LogP contribution in [0.4, 0.5) is 0 Å². The van der Waals surface area contributed by atoms with E-state index in [0.29, 0.717) is 0 Å². The average molecular weight is 1680 g/mol. The van der Waals surface area contributed by atoms with Gasteiger partial charge in [-0.25, -0.2) is 0 Å². The van der Waals surface area contributed by atoms with Crippen molar-refractivity contribution in [3.63, 3.8) is 0 Å². The Morgan fingerprint density at radius 3 is 0.915 bits per heavy atom. The van der Waals surface area contributed by atoms with Gasteiger partial charge in [0.05, 0.1) is 0 Å². The van der Waals surface area contributed by atoms with Gasteiger partial charge in [-0.3, -0.25) is 0 Å². The maximum Gasteiger partial charge on any atom is 0.0394 e. The molecule has 1 saturated carbocycles. The van der Waals surface area contributed by atoms with Crippen molar-refractivity contribution in [3.8, 4) is 55.6 Å². The van der Waals surface area contributed by atoms with Crippen molar-refractivity contribution in [2.24, 2.45) is 0 Å². The van der Waals surface area contributed by atoms with Crippen LogP contribution >= 0.6 is 0 Å². The minimum Gasteiger partial charge on any atom is -0.0885 e. The van der Waals surface area contributed by atoms with Gasteiger partial charge >= 0.3 is 0 Å². The predicted octanol–water partition coefficient (Wildman–Crippen LogP) is 35.8. The van der Waals surface area contributed by atoms with E-state index in [0.717, 1.165) is 19.3 Å². The van der Waals surface area contributed by atoms with E-state index in [1.165, 1.54) is 322 Å². The molecule has 0 N–H and O–H groups in total. The first-order valence-electron chi connectivity index (χ1n) is 49.5. The first-order chi connectivity index (χ1) is 63.0. The standard InChI is InChI=1S/C26H28.3C26H26.C25H22/c4*1-18-12-13-22-23(16-18)26(14-8-4-3-5-9-15-26)24-17-19(2)20-10-6-7-11-21(20)25(22)24;1-17-11-12-21-22(15-17)25(13-7-3-4-8-14-25)23-16-18(2)19-9-5-6-10-20(19)24(21)23/h6-7,10-13,16-17H,3-5,8-9,14-15H2,1-2H3;6-8,10-14,16-17H,3-5,9,15H2,1-2H3;4,6-8,10-13,16-17H,3,5,9,14-15H2,1-2H3;3-4,6-7,10-13,16-17H,5,8-9,14-15H2,1-2H3;3-12,15-16H,13-14H2,1-2H3/b;14-8-;8-4-;4-3-;. The zero-order chi connectivity index (χ0) is 87.9. The third-order valence-electron chi connectivity index (χ3n) is 32.7. The third-order valence-corrected chi connectivity index (χ3v) is 32.7. The highest BCUT2D eigenvalue weighted by Crippen LogP contribution is 2.63. The molecular formula is C129H128. The van der Waals surface area contributed by atoms with Crippen LogP contribution in [0.3, 0.4) is 0 Å². The molecule has 3 unspecified atom stereocenters. The van der Waals surface area contributed by atoms with Crippen molar-refractivity contribution in [2.45, 2.75) is 250 Å². The lowest BCUT2D eigenvalue weighted by Gasteiger charge is -2.34. The Bertz CT molecular complexity index is 7120. The van der Waals surface area contributed by atoms with Gasteiger partial charge in [-0.1, -0.05) is 383 Å². The molecule has 0 saturated heterocycles. The smallest absolute Gasteiger partial charge is 0.0394 e. The van der Waals surface area contributed by atoms with E-state index in [1.807, 2.05) is 0 Å². The molecular weight excluding hydrogens is 1550 g/mol. The Balaban J connectivity index is 0.0000000978. The second-order valence-electron chi connectivity index (χ2n) is 40.7. The molecule has 0 amide bonds. The molecule has 0 bridgehead atoms. The van der Waals surface area contributed by atoms with Gasteiger partial charge in [0.15, 0.2) is 0 Å². The zero-order valence-corrected chi connectivity index (χ0v) is 78.3. The van der Waals surface area contributed by atoms with Gasteiger partial charge in [0.25, 0.3) is 0 Å². The summed E-state index contributed by atoms with van der Waals surface area (Å²) < 4.78 is 0. The maximum absolute atomic E-state index is 2.55. The number of rotatable bonds is 0. The lowest BCUT2D eigenvalue weighted by atomic mass is 9.69. The minimum absolute atomic E-state index is 0.0614. The first kappa shape index (κ1) is 84.2. The Kier molecular flexibility index (Phi) is 22.4. The van der Waals surface area contributed by atoms with Gasteiger partial charge in [0.2, 0.25) is 0 Å². The van der Waals surface area contributed by atoms with E-state index in [4.69, 9.17) is 0 Å².